The summed E-state index contributed by atoms with van der Waals surface area (Å²) in [6.45, 7) is 2.32. The molecule has 1 aromatic carbocycles. The molecule has 0 aliphatic carbocycles. The van der Waals surface area contributed by atoms with E-state index in [1.165, 1.54) is 0 Å². The van der Waals surface area contributed by atoms with Gasteiger partial charge in [0.15, 0.2) is 17.6 Å². The summed E-state index contributed by atoms with van der Waals surface area (Å²) in [6, 6.07) is 3.32. The van der Waals surface area contributed by atoms with Gasteiger partial charge in [-0.3, -0.25) is 4.79 Å². The Bertz CT molecular complexity index is 530. The molecule has 2 aliphatic heterocycles. The lowest BCUT2D eigenvalue weighted by molar-refractivity contribution is -0.142. The van der Waals surface area contributed by atoms with Crippen LogP contribution in [0.15, 0.2) is 12.1 Å². The number of ether oxygens (including phenoxy) is 4. The van der Waals surface area contributed by atoms with E-state index >= 15 is 0 Å². The Kier molecular flexibility index (Phi) is 4.48. The molecule has 0 bridgehead atoms. The van der Waals surface area contributed by atoms with Gasteiger partial charge in [-0.05, 0) is 0 Å². The Morgan fingerprint density at radius 2 is 1.90 bits per heavy atom. The number of amides is 1. The van der Waals surface area contributed by atoms with E-state index in [0.717, 1.165) is 6.42 Å². The number of benzene rings is 1. The Morgan fingerprint density at radius 3 is 2.62 bits per heavy atom. The number of carbonyl (C=O) groups is 1. The van der Waals surface area contributed by atoms with E-state index in [-0.39, 0.29) is 12.5 Å². The molecule has 0 saturated carbocycles. The van der Waals surface area contributed by atoms with Crippen LogP contribution in [0.1, 0.15) is 6.42 Å². The summed E-state index contributed by atoms with van der Waals surface area (Å²) in [4.78, 5) is 12.1. The molecular weight excluding hydrogens is 298 g/mol. The first-order chi connectivity index (χ1) is 10.2. The van der Waals surface area contributed by atoms with Crippen molar-refractivity contribution in [2.24, 2.45) is 0 Å². The molecule has 7 heteroatoms. The number of nitrogens with one attached hydrogen (secondary N) is 1. The number of fused-ring (bicyclic) bond motifs is 1. The van der Waals surface area contributed by atoms with Crippen LogP contribution in [-0.4, -0.2) is 45.0 Å². The topological polar surface area (TPSA) is 66.0 Å². The Labute approximate surface area is 127 Å². The summed E-state index contributed by atoms with van der Waals surface area (Å²) in [5.41, 5.74) is 0.472. The normalized spacial score (nSPS) is 21.5. The number of halogens is 1. The Hall–Kier alpha value is -1.50. The van der Waals surface area contributed by atoms with Crippen molar-refractivity contribution in [3.8, 4) is 11.5 Å². The van der Waals surface area contributed by atoms with E-state index in [9.17, 15) is 4.79 Å². The predicted molar refractivity (Wildman–Crippen MR) is 76.2 cm³/mol. The maximum Gasteiger partial charge on any atom is 0.255 e. The molecule has 1 N–H and O–H groups in total. The molecule has 1 atom stereocenters. The smallest absolute Gasteiger partial charge is 0.255 e. The van der Waals surface area contributed by atoms with Gasteiger partial charge < -0.3 is 24.3 Å². The van der Waals surface area contributed by atoms with Gasteiger partial charge in [-0.2, -0.15) is 0 Å². The molecule has 1 saturated heterocycles. The maximum atomic E-state index is 12.1. The van der Waals surface area contributed by atoms with Gasteiger partial charge in [0.25, 0.3) is 5.91 Å². The van der Waals surface area contributed by atoms with E-state index in [1.807, 2.05) is 0 Å². The first-order valence-corrected chi connectivity index (χ1v) is 7.21. The largest absolute Gasteiger partial charge is 0.490 e. The molecule has 21 heavy (non-hydrogen) atoms. The minimum Gasteiger partial charge on any atom is -0.490 e. The zero-order valence-electron chi connectivity index (χ0n) is 11.4. The van der Waals surface area contributed by atoms with E-state index in [4.69, 9.17) is 30.5 Å². The van der Waals surface area contributed by atoms with E-state index in [0.29, 0.717) is 48.6 Å². The standard InChI is InChI=1S/C14H16ClNO5/c15-9-6-11-12(20-3-1-2-19-11)7-10(9)16-14(17)13-8-18-4-5-21-13/h6-7,13H,1-5,8H2,(H,16,17). The molecular formula is C14H16ClNO5. The lowest BCUT2D eigenvalue weighted by atomic mass is 10.2. The van der Waals surface area contributed by atoms with Crippen LogP contribution in [0.25, 0.3) is 0 Å². The molecule has 1 unspecified atom stereocenters. The van der Waals surface area contributed by atoms with Gasteiger partial charge in [0, 0.05) is 18.6 Å². The summed E-state index contributed by atoms with van der Waals surface area (Å²) < 4.78 is 21.7. The highest BCUT2D eigenvalue weighted by Crippen LogP contribution is 2.37. The number of anilines is 1. The Balaban J connectivity index is 1.75. The van der Waals surface area contributed by atoms with Crippen LogP contribution in [0.5, 0.6) is 11.5 Å². The maximum absolute atomic E-state index is 12.1. The molecule has 0 aromatic heterocycles. The van der Waals surface area contributed by atoms with Crippen LogP contribution < -0.4 is 14.8 Å². The van der Waals surface area contributed by atoms with E-state index in [2.05, 4.69) is 5.32 Å². The highest BCUT2D eigenvalue weighted by molar-refractivity contribution is 6.34. The van der Waals surface area contributed by atoms with Crippen molar-refractivity contribution < 1.29 is 23.7 Å². The average molecular weight is 314 g/mol. The van der Waals surface area contributed by atoms with E-state index in [1.54, 1.807) is 12.1 Å². The van der Waals surface area contributed by atoms with Crippen molar-refractivity contribution in [1.29, 1.82) is 0 Å². The molecule has 114 valence electrons. The first-order valence-electron chi connectivity index (χ1n) is 6.83. The minimum absolute atomic E-state index is 0.244. The fourth-order valence-corrected chi connectivity index (χ4v) is 2.33. The molecule has 2 heterocycles. The number of hydrogen-bond acceptors (Lipinski definition) is 5. The van der Waals surface area contributed by atoms with Gasteiger partial charge in [0.1, 0.15) is 0 Å². The van der Waals surface area contributed by atoms with Crippen molar-refractivity contribution in [1.82, 2.24) is 0 Å². The highest BCUT2D eigenvalue weighted by Gasteiger charge is 2.24. The Morgan fingerprint density at radius 1 is 1.14 bits per heavy atom. The minimum atomic E-state index is -0.620. The third-order valence-electron chi connectivity index (χ3n) is 3.20. The summed E-state index contributed by atoms with van der Waals surface area (Å²) in [5, 5.41) is 3.13. The van der Waals surface area contributed by atoms with Crippen LogP contribution >= 0.6 is 11.6 Å². The van der Waals surface area contributed by atoms with Gasteiger partial charge in [0.2, 0.25) is 0 Å². The number of rotatable bonds is 2. The number of hydrogen-bond donors (Lipinski definition) is 1. The summed E-state index contributed by atoms with van der Waals surface area (Å²) in [7, 11) is 0. The summed E-state index contributed by atoms with van der Waals surface area (Å²) in [5.74, 6) is 0.881. The van der Waals surface area contributed by atoms with Gasteiger partial charge in [0.05, 0.1) is 43.7 Å². The molecule has 0 radical (unpaired) electrons. The van der Waals surface area contributed by atoms with Crippen molar-refractivity contribution >= 4 is 23.2 Å². The predicted octanol–water partition coefficient (Wildman–Crippen LogP) is 1.86. The molecule has 1 amide bonds. The van der Waals surface area contributed by atoms with Gasteiger partial charge in [-0.1, -0.05) is 11.6 Å². The third-order valence-corrected chi connectivity index (χ3v) is 3.52. The number of carbonyl (C=O) groups excluding carboxylic acids is 1. The van der Waals surface area contributed by atoms with E-state index < -0.39 is 6.10 Å². The van der Waals surface area contributed by atoms with Crippen molar-refractivity contribution in [2.75, 3.05) is 38.4 Å². The molecule has 0 spiro atoms. The van der Waals surface area contributed by atoms with Crippen LogP contribution in [0.4, 0.5) is 5.69 Å². The fraction of sp³-hybridized carbons (Fsp3) is 0.500. The average Bonchev–Trinajstić information content (AvgIpc) is 2.73. The van der Waals surface area contributed by atoms with Crippen molar-refractivity contribution in [3.05, 3.63) is 17.2 Å². The van der Waals surface area contributed by atoms with Crippen LogP contribution in [0.3, 0.4) is 0 Å². The zero-order chi connectivity index (χ0) is 14.7. The van der Waals surface area contributed by atoms with Crippen molar-refractivity contribution in [3.63, 3.8) is 0 Å². The van der Waals surface area contributed by atoms with Gasteiger partial charge in [-0.25, -0.2) is 0 Å². The highest BCUT2D eigenvalue weighted by atomic mass is 35.5. The zero-order valence-corrected chi connectivity index (χ0v) is 12.1. The lowest BCUT2D eigenvalue weighted by Gasteiger charge is -2.22. The second-order valence-corrected chi connectivity index (χ2v) is 5.16. The first kappa shape index (κ1) is 14.4. The van der Waals surface area contributed by atoms with Crippen LogP contribution in [-0.2, 0) is 14.3 Å². The second-order valence-electron chi connectivity index (χ2n) is 4.75. The molecule has 1 fully saturated rings. The van der Waals surface area contributed by atoms with Gasteiger partial charge in [-0.15, -0.1) is 0 Å². The third kappa shape index (κ3) is 3.40. The second kappa shape index (κ2) is 6.51. The lowest BCUT2D eigenvalue weighted by Crippen LogP contribution is -2.39. The summed E-state index contributed by atoms with van der Waals surface area (Å²) >= 11 is 6.18. The molecule has 2 aliphatic rings. The summed E-state index contributed by atoms with van der Waals surface area (Å²) in [6.07, 6.45) is 0.187. The van der Waals surface area contributed by atoms with Crippen LogP contribution in [0, 0.1) is 0 Å². The SMILES string of the molecule is O=C(Nc1cc2c(cc1Cl)OCCCO2)C1COCCO1. The van der Waals surface area contributed by atoms with Gasteiger partial charge >= 0.3 is 0 Å². The molecule has 3 rings (SSSR count). The fourth-order valence-electron chi connectivity index (χ4n) is 2.13. The van der Waals surface area contributed by atoms with Crippen LogP contribution in [0.2, 0.25) is 5.02 Å². The molecule has 6 nitrogen and oxygen atoms in total. The molecule has 1 aromatic rings. The van der Waals surface area contributed by atoms with Crippen molar-refractivity contribution in [2.45, 2.75) is 12.5 Å². The monoisotopic (exact) mass is 313 g/mol. The quantitative estimate of drug-likeness (QED) is 0.902.